The van der Waals surface area contributed by atoms with Gasteiger partial charge in [-0.15, -0.1) is 0 Å². The van der Waals surface area contributed by atoms with Gasteiger partial charge in [0.15, 0.2) is 0 Å². The van der Waals surface area contributed by atoms with Gasteiger partial charge in [0.1, 0.15) is 6.07 Å². The van der Waals surface area contributed by atoms with E-state index >= 15 is 0 Å². The summed E-state index contributed by atoms with van der Waals surface area (Å²) in [5.41, 5.74) is 8.48. The third-order valence-electron chi connectivity index (χ3n) is 3.77. The van der Waals surface area contributed by atoms with Crippen LogP contribution in [0.25, 0.3) is 0 Å². The molecule has 1 aliphatic rings. The van der Waals surface area contributed by atoms with Crippen molar-refractivity contribution in [3.63, 3.8) is 0 Å². The van der Waals surface area contributed by atoms with Gasteiger partial charge in [0.2, 0.25) is 0 Å². The third-order valence-corrected chi connectivity index (χ3v) is 3.77. The van der Waals surface area contributed by atoms with Gasteiger partial charge in [0, 0.05) is 19.6 Å². The molecule has 18 heavy (non-hydrogen) atoms. The first-order valence-electron chi connectivity index (χ1n) is 6.72. The molecule has 2 rings (SSSR count). The maximum Gasteiger partial charge on any atom is 0.101 e. The van der Waals surface area contributed by atoms with Crippen molar-refractivity contribution in [1.29, 1.82) is 5.26 Å². The van der Waals surface area contributed by atoms with Crippen molar-refractivity contribution >= 4 is 5.69 Å². The smallest absolute Gasteiger partial charge is 0.101 e. The fraction of sp³-hybridized carbons (Fsp3) is 0.533. The van der Waals surface area contributed by atoms with Crippen molar-refractivity contribution in [3.8, 4) is 6.07 Å². The highest BCUT2D eigenvalue weighted by Crippen LogP contribution is 2.26. The molecule has 1 aromatic carbocycles. The van der Waals surface area contributed by atoms with E-state index in [1.54, 1.807) is 0 Å². The van der Waals surface area contributed by atoms with Crippen LogP contribution < -0.4 is 10.6 Å². The molecule has 0 spiro atoms. The fourth-order valence-corrected chi connectivity index (χ4v) is 2.58. The summed E-state index contributed by atoms with van der Waals surface area (Å²) >= 11 is 0. The molecule has 1 unspecified atom stereocenters. The molecule has 1 heterocycles. The second kappa shape index (κ2) is 5.88. The summed E-state index contributed by atoms with van der Waals surface area (Å²) in [7, 11) is 0. The SMILES string of the molecule is CC1CCCN(c2ccc(CN)cc2C#N)CC1. The highest BCUT2D eigenvalue weighted by Gasteiger charge is 2.16. The van der Waals surface area contributed by atoms with Crippen molar-refractivity contribution < 1.29 is 0 Å². The van der Waals surface area contributed by atoms with E-state index in [1.165, 1.54) is 19.3 Å². The van der Waals surface area contributed by atoms with Crippen LogP contribution in [-0.2, 0) is 6.54 Å². The number of benzene rings is 1. The molecule has 1 fully saturated rings. The Bertz CT molecular complexity index is 448. The molecule has 1 aliphatic heterocycles. The van der Waals surface area contributed by atoms with Crippen molar-refractivity contribution in [2.45, 2.75) is 32.7 Å². The lowest BCUT2D eigenvalue weighted by molar-refractivity contribution is 0.521. The third kappa shape index (κ3) is 2.83. The van der Waals surface area contributed by atoms with E-state index in [2.05, 4.69) is 24.0 Å². The molecule has 3 nitrogen and oxygen atoms in total. The van der Waals surface area contributed by atoms with E-state index in [9.17, 15) is 5.26 Å². The average molecular weight is 243 g/mol. The molecule has 1 aromatic rings. The zero-order chi connectivity index (χ0) is 13.0. The number of rotatable bonds is 2. The predicted molar refractivity (Wildman–Crippen MR) is 74.3 cm³/mol. The molecular weight excluding hydrogens is 222 g/mol. The minimum atomic E-state index is 0.492. The van der Waals surface area contributed by atoms with Crippen molar-refractivity contribution in [2.75, 3.05) is 18.0 Å². The van der Waals surface area contributed by atoms with Gasteiger partial charge in [-0.25, -0.2) is 0 Å². The van der Waals surface area contributed by atoms with Gasteiger partial charge < -0.3 is 10.6 Å². The number of nitriles is 1. The van der Waals surface area contributed by atoms with Gasteiger partial charge in [-0.05, 0) is 42.9 Å². The summed E-state index contributed by atoms with van der Waals surface area (Å²) in [5.74, 6) is 0.795. The minimum absolute atomic E-state index is 0.492. The van der Waals surface area contributed by atoms with E-state index in [4.69, 9.17) is 5.73 Å². The number of nitrogens with zero attached hydrogens (tertiary/aromatic N) is 2. The summed E-state index contributed by atoms with van der Waals surface area (Å²) in [6.45, 7) is 4.91. The molecule has 0 radical (unpaired) electrons. The Kier molecular flexibility index (Phi) is 4.22. The number of nitrogens with two attached hydrogens (primary N) is 1. The Labute approximate surface area is 109 Å². The zero-order valence-corrected chi connectivity index (χ0v) is 11.0. The standard InChI is InChI=1S/C15H21N3/c1-12-3-2-7-18(8-6-12)15-5-4-13(10-16)9-14(15)11-17/h4-5,9,12H,2-3,6-8,10,16H2,1H3. The molecule has 0 bridgehead atoms. The normalized spacial score (nSPS) is 20.3. The van der Waals surface area contributed by atoms with Crippen LogP contribution in [0, 0.1) is 17.2 Å². The Balaban J connectivity index is 2.24. The maximum absolute atomic E-state index is 9.27. The van der Waals surface area contributed by atoms with Crippen LogP contribution >= 0.6 is 0 Å². The monoisotopic (exact) mass is 243 g/mol. The second-order valence-electron chi connectivity index (χ2n) is 5.19. The minimum Gasteiger partial charge on any atom is -0.370 e. The van der Waals surface area contributed by atoms with Gasteiger partial charge in [-0.2, -0.15) is 5.26 Å². The van der Waals surface area contributed by atoms with E-state index in [1.807, 2.05) is 12.1 Å². The van der Waals surface area contributed by atoms with Crippen LogP contribution in [0.15, 0.2) is 18.2 Å². The second-order valence-corrected chi connectivity index (χ2v) is 5.19. The summed E-state index contributed by atoms with van der Waals surface area (Å²) in [6, 6.07) is 8.31. The van der Waals surface area contributed by atoms with Gasteiger partial charge in [0.25, 0.3) is 0 Å². The molecule has 0 amide bonds. The summed E-state index contributed by atoms with van der Waals surface area (Å²) in [5, 5.41) is 9.27. The zero-order valence-electron chi connectivity index (χ0n) is 11.0. The van der Waals surface area contributed by atoms with Gasteiger partial charge in [-0.3, -0.25) is 0 Å². The van der Waals surface area contributed by atoms with E-state index in [0.29, 0.717) is 6.54 Å². The molecule has 0 saturated carbocycles. The van der Waals surface area contributed by atoms with Crippen LogP contribution in [-0.4, -0.2) is 13.1 Å². The van der Waals surface area contributed by atoms with Crippen molar-refractivity contribution in [3.05, 3.63) is 29.3 Å². The largest absolute Gasteiger partial charge is 0.370 e. The van der Waals surface area contributed by atoms with Crippen LogP contribution in [0.3, 0.4) is 0 Å². The van der Waals surface area contributed by atoms with Crippen LogP contribution in [0.5, 0.6) is 0 Å². The first-order chi connectivity index (χ1) is 8.74. The Morgan fingerprint density at radius 1 is 1.39 bits per heavy atom. The van der Waals surface area contributed by atoms with E-state index in [0.717, 1.165) is 35.8 Å². The lowest BCUT2D eigenvalue weighted by atomic mass is 10.0. The van der Waals surface area contributed by atoms with Crippen molar-refractivity contribution in [1.82, 2.24) is 0 Å². The van der Waals surface area contributed by atoms with Gasteiger partial charge >= 0.3 is 0 Å². The fourth-order valence-electron chi connectivity index (χ4n) is 2.58. The predicted octanol–water partition coefficient (Wildman–Crippen LogP) is 2.64. The number of hydrogen-bond donors (Lipinski definition) is 1. The number of hydrogen-bond acceptors (Lipinski definition) is 3. The molecule has 3 heteroatoms. The van der Waals surface area contributed by atoms with Gasteiger partial charge in [-0.1, -0.05) is 13.0 Å². The van der Waals surface area contributed by atoms with Crippen molar-refractivity contribution in [2.24, 2.45) is 11.7 Å². The summed E-state index contributed by atoms with van der Waals surface area (Å²) in [6.07, 6.45) is 3.72. The van der Waals surface area contributed by atoms with E-state index < -0.39 is 0 Å². The average Bonchev–Trinajstić information content (AvgIpc) is 2.62. The van der Waals surface area contributed by atoms with Gasteiger partial charge in [0.05, 0.1) is 11.3 Å². The Morgan fingerprint density at radius 3 is 2.94 bits per heavy atom. The maximum atomic E-state index is 9.27. The highest BCUT2D eigenvalue weighted by molar-refractivity contribution is 5.60. The quantitative estimate of drug-likeness (QED) is 0.868. The summed E-state index contributed by atoms with van der Waals surface area (Å²) in [4.78, 5) is 2.35. The molecule has 96 valence electrons. The highest BCUT2D eigenvalue weighted by atomic mass is 15.1. The van der Waals surface area contributed by atoms with E-state index in [-0.39, 0.29) is 0 Å². The molecule has 1 saturated heterocycles. The Hall–Kier alpha value is -1.53. The van der Waals surface area contributed by atoms with Crippen LogP contribution in [0.4, 0.5) is 5.69 Å². The lowest BCUT2D eigenvalue weighted by Gasteiger charge is -2.24. The molecule has 2 N–H and O–H groups in total. The number of anilines is 1. The Morgan fingerprint density at radius 2 is 2.22 bits per heavy atom. The first-order valence-corrected chi connectivity index (χ1v) is 6.72. The molecular formula is C15H21N3. The molecule has 0 aromatic heterocycles. The molecule has 1 atom stereocenters. The first kappa shape index (κ1) is 12.9. The lowest BCUT2D eigenvalue weighted by Crippen LogP contribution is -2.25. The topological polar surface area (TPSA) is 53.0 Å². The summed E-state index contributed by atoms with van der Waals surface area (Å²) < 4.78 is 0. The van der Waals surface area contributed by atoms with Crippen LogP contribution in [0.2, 0.25) is 0 Å². The van der Waals surface area contributed by atoms with Crippen LogP contribution in [0.1, 0.15) is 37.3 Å². The molecule has 0 aliphatic carbocycles.